The number of rotatable bonds is 3. The molecule has 1 amide bonds. The summed E-state index contributed by atoms with van der Waals surface area (Å²) in [4.78, 5) is 18.7. The van der Waals surface area contributed by atoms with Crippen LogP contribution in [0.1, 0.15) is 23.1 Å². The number of carbonyl (C=O) groups is 1. The first-order valence-electron chi connectivity index (χ1n) is 8.38. The molecule has 6 nitrogen and oxygen atoms in total. The highest BCUT2D eigenvalue weighted by atomic mass is 16.7. The van der Waals surface area contributed by atoms with E-state index in [2.05, 4.69) is 10.3 Å². The van der Waals surface area contributed by atoms with E-state index in [0.717, 1.165) is 16.7 Å². The fourth-order valence-electron chi connectivity index (χ4n) is 3.34. The quantitative estimate of drug-likeness (QED) is 0.856. The molecule has 26 heavy (non-hydrogen) atoms. The summed E-state index contributed by atoms with van der Waals surface area (Å²) in [6.07, 6.45) is 0.309. The Balaban J connectivity index is 1.73. The van der Waals surface area contributed by atoms with E-state index < -0.39 is 5.60 Å². The summed E-state index contributed by atoms with van der Waals surface area (Å²) in [5.41, 5.74) is 2.84. The Bertz CT molecular complexity index is 934. The minimum absolute atomic E-state index is 0.221. The number of carbonyl (C=O) groups excluding carboxylic acids is 1. The SMILES string of the molecule is COc1ccccc1C1=NOC2(C1)C(=O)N(C)N=C2c1ccc(C)cc1. The molecule has 2 aromatic rings. The van der Waals surface area contributed by atoms with Gasteiger partial charge in [0.25, 0.3) is 11.5 Å². The molecule has 0 saturated carbocycles. The van der Waals surface area contributed by atoms with Crippen LogP contribution in [0.25, 0.3) is 0 Å². The Morgan fingerprint density at radius 2 is 1.88 bits per heavy atom. The van der Waals surface area contributed by atoms with Crippen LogP contribution in [-0.4, -0.2) is 42.1 Å². The Morgan fingerprint density at radius 3 is 2.62 bits per heavy atom. The molecule has 1 unspecified atom stereocenters. The van der Waals surface area contributed by atoms with Crippen LogP contribution in [0.3, 0.4) is 0 Å². The number of likely N-dealkylation sites (N-methyl/N-ethyl adjacent to an activating group) is 1. The summed E-state index contributed by atoms with van der Waals surface area (Å²) in [5, 5.41) is 10.0. The van der Waals surface area contributed by atoms with Crippen LogP contribution in [0, 0.1) is 6.92 Å². The zero-order valence-corrected chi connectivity index (χ0v) is 14.9. The number of hydrazone groups is 1. The van der Waals surface area contributed by atoms with Gasteiger partial charge in [0.05, 0.1) is 19.2 Å². The fourth-order valence-corrected chi connectivity index (χ4v) is 3.34. The second-order valence-electron chi connectivity index (χ2n) is 6.48. The van der Waals surface area contributed by atoms with Gasteiger partial charge in [0, 0.05) is 18.2 Å². The number of nitrogens with zero attached hydrogens (tertiary/aromatic N) is 3. The number of aryl methyl sites for hydroxylation is 1. The number of hydrogen-bond acceptors (Lipinski definition) is 5. The lowest BCUT2D eigenvalue weighted by Crippen LogP contribution is -2.46. The second kappa shape index (κ2) is 5.98. The Hall–Kier alpha value is -3.15. The maximum atomic E-state index is 12.9. The van der Waals surface area contributed by atoms with Crippen LogP contribution in [-0.2, 0) is 9.63 Å². The lowest BCUT2D eigenvalue weighted by atomic mass is 9.86. The van der Waals surface area contributed by atoms with E-state index in [1.165, 1.54) is 5.01 Å². The minimum Gasteiger partial charge on any atom is -0.496 e. The third kappa shape index (κ3) is 2.37. The molecule has 2 aliphatic heterocycles. The van der Waals surface area contributed by atoms with E-state index in [9.17, 15) is 4.79 Å². The van der Waals surface area contributed by atoms with Gasteiger partial charge < -0.3 is 9.57 Å². The lowest BCUT2D eigenvalue weighted by molar-refractivity contribution is -0.143. The van der Waals surface area contributed by atoms with Crippen molar-refractivity contribution in [2.45, 2.75) is 18.9 Å². The highest BCUT2D eigenvalue weighted by Crippen LogP contribution is 2.38. The fraction of sp³-hybridized carbons (Fsp3) is 0.250. The molecule has 0 fully saturated rings. The number of para-hydroxylation sites is 1. The van der Waals surface area contributed by atoms with Gasteiger partial charge in [-0.2, -0.15) is 5.10 Å². The summed E-state index contributed by atoms with van der Waals surface area (Å²) < 4.78 is 5.42. The number of benzene rings is 2. The summed E-state index contributed by atoms with van der Waals surface area (Å²) in [6.45, 7) is 2.02. The third-order valence-electron chi connectivity index (χ3n) is 4.74. The molecule has 1 atom stereocenters. The van der Waals surface area contributed by atoms with Crippen molar-refractivity contribution < 1.29 is 14.4 Å². The van der Waals surface area contributed by atoms with Crippen LogP contribution in [0.4, 0.5) is 0 Å². The largest absolute Gasteiger partial charge is 0.496 e. The van der Waals surface area contributed by atoms with Crippen molar-refractivity contribution in [1.29, 1.82) is 0 Å². The molecule has 0 bridgehead atoms. The van der Waals surface area contributed by atoms with Crippen molar-refractivity contribution in [1.82, 2.24) is 5.01 Å². The van der Waals surface area contributed by atoms with Crippen LogP contribution >= 0.6 is 0 Å². The lowest BCUT2D eigenvalue weighted by Gasteiger charge is -2.21. The van der Waals surface area contributed by atoms with Crippen molar-refractivity contribution >= 4 is 17.3 Å². The third-order valence-corrected chi connectivity index (χ3v) is 4.74. The number of amides is 1. The number of methoxy groups -OCH3 is 1. The zero-order valence-electron chi connectivity index (χ0n) is 14.9. The molecule has 2 aromatic carbocycles. The van der Waals surface area contributed by atoms with Gasteiger partial charge in [0.15, 0.2) is 0 Å². The summed E-state index contributed by atoms with van der Waals surface area (Å²) in [7, 11) is 3.24. The maximum absolute atomic E-state index is 12.9. The highest BCUT2D eigenvalue weighted by Gasteiger charge is 2.57. The van der Waals surface area contributed by atoms with Gasteiger partial charge in [-0.15, -0.1) is 0 Å². The van der Waals surface area contributed by atoms with Gasteiger partial charge in [-0.05, 0) is 19.1 Å². The van der Waals surface area contributed by atoms with Crippen molar-refractivity contribution in [2.75, 3.05) is 14.2 Å². The van der Waals surface area contributed by atoms with Crippen LogP contribution in [0.2, 0.25) is 0 Å². The average molecular weight is 349 g/mol. The van der Waals surface area contributed by atoms with Crippen LogP contribution < -0.4 is 4.74 Å². The Kier molecular flexibility index (Phi) is 3.76. The topological polar surface area (TPSA) is 63.5 Å². The van der Waals surface area contributed by atoms with E-state index in [1.807, 2.05) is 55.5 Å². The van der Waals surface area contributed by atoms with Gasteiger partial charge in [0.1, 0.15) is 11.5 Å². The van der Waals surface area contributed by atoms with E-state index in [0.29, 0.717) is 23.6 Å². The molecule has 1 spiro atoms. The maximum Gasteiger partial charge on any atom is 0.296 e. The molecule has 6 heteroatoms. The zero-order chi connectivity index (χ0) is 18.3. The summed E-state index contributed by atoms with van der Waals surface area (Å²) in [5.74, 6) is 0.473. The molecule has 0 radical (unpaired) electrons. The molecule has 0 aromatic heterocycles. The number of oxime groups is 1. The predicted octanol–water partition coefficient (Wildman–Crippen LogP) is 2.74. The first-order valence-corrected chi connectivity index (χ1v) is 8.38. The van der Waals surface area contributed by atoms with E-state index in [4.69, 9.17) is 9.57 Å². The van der Waals surface area contributed by atoms with Crippen LogP contribution in [0.5, 0.6) is 5.75 Å². The standard InChI is InChI=1S/C20H19N3O3/c1-13-8-10-14(11-9-13)18-20(19(24)23(2)21-18)12-16(22-26-20)15-6-4-5-7-17(15)25-3/h4-11H,12H2,1-3H3. The van der Waals surface area contributed by atoms with E-state index >= 15 is 0 Å². The molecular formula is C20H19N3O3. The van der Waals surface area contributed by atoms with Crippen molar-refractivity contribution in [2.24, 2.45) is 10.3 Å². The van der Waals surface area contributed by atoms with Gasteiger partial charge >= 0.3 is 0 Å². The number of ether oxygens (including phenoxy) is 1. The molecule has 0 N–H and O–H groups in total. The van der Waals surface area contributed by atoms with Crippen LogP contribution in [0.15, 0.2) is 58.8 Å². The van der Waals surface area contributed by atoms with Crippen molar-refractivity contribution in [3.63, 3.8) is 0 Å². The van der Waals surface area contributed by atoms with Crippen molar-refractivity contribution in [3.05, 3.63) is 65.2 Å². The molecule has 0 aliphatic carbocycles. The molecule has 0 saturated heterocycles. The first-order chi connectivity index (χ1) is 12.5. The first kappa shape index (κ1) is 16.3. The highest BCUT2D eigenvalue weighted by molar-refractivity contribution is 6.26. The molecule has 2 aliphatic rings. The second-order valence-corrected chi connectivity index (χ2v) is 6.48. The summed E-state index contributed by atoms with van der Waals surface area (Å²) in [6, 6.07) is 15.5. The molecular weight excluding hydrogens is 330 g/mol. The van der Waals surface area contributed by atoms with Gasteiger partial charge in [-0.25, -0.2) is 5.01 Å². The number of hydrogen-bond donors (Lipinski definition) is 0. The Morgan fingerprint density at radius 1 is 1.15 bits per heavy atom. The minimum atomic E-state index is -1.22. The van der Waals surface area contributed by atoms with Gasteiger partial charge in [-0.1, -0.05) is 47.1 Å². The van der Waals surface area contributed by atoms with E-state index in [1.54, 1.807) is 14.2 Å². The molecule has 2 heterocycles. The average Bonchev–Trinajstić information content (AvgIpc) is 3.21. The monoisotopic (exact) mass is 349 g/mol. The molecule has 132 valence electrons. The predicted molar refractivity (Wildman–Crippen MR) is 98.5 cm³/mol. The van der Waals surface area contributed by atoms with Gasteiger partial charge in [0.2, 0.25) is 0 Å². The smallest absolute Gasteiger partial charge is 0.296 e. The van der Waals surface area contributed by atoms with E-state index in [-0.39, 0.29) is 5.91 Å². The Labute approximate surface area is 151 Å². The van der Waals surface area contributed by atoms with Gasteiger partial charge in [-0.3, -0.25) is 4.79 Å². The normalized spacial score (nSPS) is 21.7. The summed E-state index contributed by atoms with van der Waals surface area (Å²) >= 11 is 0. The molecule has 4 rings (SSSR count). The van der Waals surface area contributed by atoms with Crippen molar-refractivity contribution in [3.8, 4) is 5.75 Å².